The van der Waals surface area contributed by atoms with Crippen LogP contribution in [0.3, 0.4) is 0 Å². The first-order valence-corrected chi connectivity index (χ1v) is 8.17. The van der Waals surface area contributed by atoms with Crippen molar-refractivity contribution in [3.63, 3.8) is 0 Å². The molecular formula is C14H17N3O2S. The van der Waals surface area contributed by atoms with E-state index >= 15 is 0 Å². The van der Waals surface area contributed by atoms with Crippen molar-refractivity contribution in [2.75, 3.05) is 26.7 Å². The first kappa shape index (κ1) is 13.6. The highest BCUT2D eigenvalue weighted by Gasteiger charge is 2.47. The second kappa shape index (κ2) is 4.85. The lowest BCUT2D eigenvalue weighted by molar-refractivity contribution is 0.0238. The van der Waals surface area contributed by atoms with Gasteiger partial charge < -0.3 is 4.90 Å². The van der Waals surface area contributed by atoms with Gasteiger partial charge in [-0.3, -0.25) is 0 Å². The van der Waals surface area contributed by atoms with E-state index in [0.717, 1.165) is 19.5 Å². The summed E-state index contributed by atoms with van der Waals surface area (Å²) in [6.45, 7) is 2.49. The van der Waals surface area contributed by atoms with E-state index in [1.54, 1.807) is 22.5 Å². The van der Waals surface area contributed by atoms with Crippen LogP contribution in [0.1, 0.15) is 12.0 Å². The van der Waals surface area contributed by atoms with Crippen LogP contribution in [0.2, 0.25) is 0 Å². The fourth-order valence-electron chi connectivity index (χ4n) is 3.13. The summed E-state index contributed by atoms with van der Waals surface area (Å²) in [6.07, 6.45) is 0.887. The molecule has 0 aliphatic carbocycles. The Morgan fingerprint density at radius 2 is 2.15 bits per heavy atom. The second-order valence-electron chi connectivity index (χ2n) is 5.59. The number of hydrogen-bond donors (Lipinski definition) is 0. The molecule has 2 aliphatic heterocycles. The van der Waals surface area contributed by atoms with E-state index in [0.29, 0.717) is 18.0 Å². The smallest absolute Gasteiger partial charge is 0.243 e. The topological polar surface area (TPSA) is 64.4 Å². The van der Waals surface area contributed by atoms with Gasteiger partial charge in [0.1, 0.15) is 0 Å². The molecule has 0 aromatic heterocycles. The molecule has 6 heteroatoms. The molecule has 2 atom stereocenters. The Morgan fingerprint density at radius 3 is 2.85 bits per heavy atom. The van der Waals surface area contributed by atoms with Crippen LogP contribution in [0.5, 0.6) is 0 Å². The third kappa shape index (κ3) is 2.12. The van der Waals surface area contributed by atoms with Gasteiger partial charge in [0, 0.05) is 25.0 Å². The minimum Gasteiger partial charge on any atom is -0.306 e. The van der Waals surface area contributed by atoms with Crippen molar-refractivity contribution in [3.8, 4) is 6.07 Å². The van der Waals surface area contributed by atoms with Crippen LogP contribution in [0.4, 0.5) is 0 Å². The van der Waals surface area contributed by atoms with Crippen molar-refractivity contribution in [2.24, 2.45) is 5.92 Å². The van der Waals surface area contributed by atoms with Gasteiger partial charge in [-0.2, -0.15) is 9.57 Å². The first-order valence-electron chi connectivity index (χ1n) is 6.73. The summed E-state index contributed by atoms with van der Waals surface area (Å²) in [5.74, 6) is 0.447. The van der Waals surface area contributed by atoms with Crippen LogP contribution in [0, 0.1) is 17.2 Å². The molecule has 0 unspecified atom stereocenters. The number of benzene rings is 1. The molecule has 0 N–H and O–H groups in total. The molecule has 2 saturated heterocycles. The van der Waals surface area contributed by atoms with Crippen molar-refractivity contribution < 1.29 is 8.42 Å². The maximum absolute atomic E-state index is 12.6. The number of fused-ring (bicyclic) bond motifs is 1. The van der Waals surface area contributed by atoms with Crippen molar-refractivity contribution in [1.29, 1.82) is 5.26 Å². The number of sulfonamides is 1. The van der Waals surface area contributed by atoms with Crippen LogP contribution in [0.15, 0.2) is 29.2 Å². The zero-order chi connectivity index (χ0) is 14.3. The molecule has 0 bridgehead atoms. The number of piperidine rings is 1. The molecule has 2 aliphatic rings. The van der Waals surface area contributed by atoms with Gasteiger partial charge in [0.25, 0.3) is 0 Å². The van der Waals surface area contributed by atoms with Gasteiger partial charge in [0.15, 0.2) is 0 Å². The molecule has 3 rings (SSSR count). The lowest BCUT2D eigenvalue weighted by Gasteiger charge is -2.51. The van der Waals surface area contributed by atoms with Crippen LogP contribution in [-0.2, 0) is 10.0 Å². The fraction of sp³-hybridized carbons (Fsp3) is 0.500. The summed E-state index contributed by atoms with van der Waals surface area (Å²) in [6, 6.07) is 8.38. The lowest BCUT2D eigenvalue weighted by Crippen LogP contribution is -2.64. The Bertz CT molecular complexity index is 665. The van der Waals surface area contributed by atoms with E-state index < -0.39 is 10.0 Å². The van der Waals surface area contributed by atoms with Crippen LogP contribution >= 0.6 is 0 Å². The SMILES string of the molecule is CN1CC[C@@H]2[C@H](C1)CN2S(=O)(=O)c1cccc(C#N)c1. The molecule has 0 amide bonds. The minimum absolute atomic E-state index is 0.127. The molecule has 5 nitrogen and oxygen atoms in total. The van der Waals surface area contributed by atoms with Crippen molar-refractivity contribution >= 4 is 10.0 Å². The monoisotopic (exact) mass is 291 g/mol. The van der Waals surface area contributed by atoms with Gasteiger partial charge in [-0.05, 0) is 38.2 Å². The van der Waals surface area contributed by atoms with Crippen LogP contribution in [0.25, 0.3) is 0 Å². The molecular weight excluding hydrogens is 274 g/mol. The van der Waals surface area contributed by atoms with Gasteiger partial charge in [-0.1, -0.05) is 6.07 Å². The van der Waals surface area contributed by atoms with Gasteiger partial charge in [-0.25, -0.2) is 8.42 Å². The molecule has 20 heavy (non-hydrogen) atoms. The Hall–Kier alpha value is -1.42. The minimum atomic E-state index is -3.46. The normalized spacial score (nSPS) is 27.4. The fourth-order valence-corrected chi connectivity index (χ4v) is 4.95. The summed E-state index contributed by atoms with van der Waals surface area (Å²) in [5, 5.41) is 8.89. The highest BCUT2D eigenvalue weighted by molar-refractivity contribution is 7.89. The van der Waals surface area contributed by atoms with E-state index in [1.165, 1.54) is 6.07 Å². The van der Waals surface area contributed by atoms with E-state index in [9.17, 15) is 8.42 Å². The number of rotatable bonds is 2. The van der Waals surface area contributed by atoms with E-state index in [1.807, 2.05) is 6.07 Å². The van der Waals surface area contributed by atoms with Gasteiger partial charge in [0.2, 0.25) is 10.0 Å². The molecule has 106 valence electrons. The Labute approximate surface area is 119 Å². The van der Waals surface area contributed by atoms with Crippen molar-refractivity contribution in [2.45, 2.75) is 17.4 Å². The predicted octanol–water partition coefficient (Wildman–Crippen LogP) is 0.883. The molecule has 2 heterocycles. The Kier molecular flexibility index (Phi) is 3.28. The van der Waals surface area contributed by atoms with Crippen molar-refractivity contribution in [1.82, 2.24) is 9.21 Å². The number of nitrogens with zero attached hydrogens (tertiary/aromatic N) is 3. The predicted molar refractivity (Wildman–Crippen MR) is 74.4 cm³/mol. The van der Waals surface area contributed by atoms with E-state index in [-0.39, 0.29) is 10.9 Å². The van der Waals surface area contributed by atoms with Gasteiger partial charge >= 0.3 is 0 Å². The zero-order valence-electron chi connectivity index (χ0n) is 11.4. The van der Waals surface area contributed by atoms with Gasteiger partial charge in [-0.15, -0.1) is 0 Å². The van der Waals surface area contributed by atoms with Gasteiger partial charge in [0.05, 0.1) is 16.5 Å². The van der Waals surface area contributed by atoms with Crippen molar-refractivity contribution in [3.05, 3.63) is 29.8 Å². The Morgan fingerprint density at radius 1 is 1.35 bits per heavy atom. The summed E-state index contributed by atoms with van der Waals surface area (Å²) >= 11 is 0. The van der Waals surface area contributed by atoms with Crippen LogP contribution < -0.4 is 0 Å². The third-order valence-electron chi connectivity index (χ3n) is 4.25. The molecule has 2 fully saturated rings. The molecule has 0 spiro atoms. The highest BCUT2D eigenvalue weighted by atomic mass is 32.2. The summed E-state index contributed by atoms with van der Waals surface area (Å²) in [4.78, 5) is 2.48. The van der Waals surface area contributed by atoms with Crippen LogP contribution in [-0.4, -0.2) is 50.3 Å². The maximum Gasteiger partial charge on any atom is 0.243 e. The molecule has 0 radical (unpaired) electrons. The summed E-state index contributed by atoms with van der Waals surface area (Å²) in [5.41, 5.74) is 0.381. The largest absolute Gasteiger partial charge is 0.306 e. The quantitative estimate of drug-likeness (QED) is 0.811. The average Bonchev–Trinajstić information content (AvgIpc) is 2.42. The zero-order valence-corrected chi connectivity index (χ0v) is 12.2. The molecule has 0 saturated carbocycles. The Balaban J connectivity index is 1.85. The molecule has 1 aromatic carbocycles. The first-order chi connectivity index (χ1) is 9.52. The highest BCUT2D eigenvalue weighted by Crippen LogP contribution is 2.36. The number of likely N-dealkylation sites (tertiary alicyclic amines) is 1. The standard InChI is InChI=1S/C14H17N3O2S/c1-16-6-5-14-12(9-16)10-17(14)20(18,19)13-4-2-3-11(7-13)8-15/h2-4,7,12,14H,5-6,9-10H2,1H3/t12-,14-/m1/s1. The summed E-state index contributed by atoms with van der Waals surface area (Å²) < 4.78 is 26.8. The maximum atomic E-state index is 12.6. The lowest BCUT2D eigenvalue weighted by atomic mass is 9.85. The summed E-state index contributed by atoms with van der Waals surface area (Å²) in [7, 11) is -1.39. The molecule has 1 aromatic rings. The number of nitriles is 1. The van der Waals surface area contributed by atoms with E-state index in [2.05, 4.69) is 11.9 Å². The number of hydrogen-bond acceptors (Lipinski definition) is 4. The average molecular weight is 291 g/mol. The second-order valence-corrected chi connectivity index (χ2v) is 7.48. The third-order valence-corrected chi connectivity index (χ3v) is 6.14. The van der Waals surface area contributed by atoms with E-state index in [4.69, 9.17) is 5.26 Å².